The van der Waals surface area contributed by atoms with Crippen LogP contribution in [0.2, 0.25) is 0 Å². The molecule has 0 fully saturated rings. The van der Waals surface area contributed by atoms with Gasteiger partial charge in [-0.15, -0.1) is 0 Å². The molecule has 1 aromatic heterocycles. The summed E-state index contributed by atoms with van der Waals surface area (Å²) in [6.45, 7) is 10.7. The largest absolute Gasteiger partial charge is 0.481 e. The van der Waals surface area contributed by atoms with Crippen molar-refractivity contribution in [1.82, 2.24) is 9.55 Å². The second-order valence-electron chi connectivity index (χ2n) is 6.54. The molecule has 1 heterocycles. The van der Waals surface area contributed by atoms with Gasteiger partial charge in [-0.1, -0.05) is 26.8 Å². The quantitative estimate of drug-likeness (QED) is 0.931. The summed E-state index contributed by atoms with van der Waals surface area (Å²) in [7, 11) is 0. The molecule has 4 nitrogen and oxygen atoms in total. The highest BCUT2D eigenvalue weighted by Gasteiger charge is 2.24. The third-order valence-electron chi connectivity index (χ3n) is 3.30. The first-order chi connectivity index (χ1) is 9.20. The van der Waals surface area contributed by atoms with Crippen LogP contribution in [0.25, 0.3) is 11.0 Å². The highest BCUT2D eigenvalue weighted by atomic mass is 16.4. The van der Waals surface area contributed by atoms with Crippen LogP contribution in [0, 0.1) is 0 Å². The molecule has 1 N–H and O–H groups in total. The fourth-order valence-electron chi connectivity index (χ4n) is 2.48. The predicted molar refractivity (Wildman–Crippen MR) is 80.2 cm³/mol. The molecule has 2 aromatic rings. The molecule has 0 aliphatic rings. The van der Waals surface area contributed by atoms with E-state index in [9.17, 15) is 4.79 Å². The average molecular weight is 274 g/mol. The third kappa shape index (κ3) is 2.69. The Morgan fingerprint density at radius 3 is 2.50 bits per heavy atom. The van der Waals surface area contributed by atoms with Crippen LogP contribution >= 0.6 is 0 Å². The van der Waals surface area contributed by atoms with Crippen LogP contribution in [0.1, 0.15) is 52.0 Å². The van der Waals surface area contributed by atoms with Crippen molar-refractivity contribution in [1.29, 1.82) is 0 Å². The summed E-state index contributed by atoms with van der Waals surface area (Å²) in [5.74, 6) is 0.221. The molecule has 0 saturated carbocycles. The van der Waals surface area contributed by atoms with Gasteiger partial charge in [-0.2, -0.15) is 0 Å². The summed E-state index contributed by atoms with van der Waals surface area (Å²) >= 11 is 0. The highest BCUT2D eigenvalue weighted by molar-refractivity contribution is 5.79. The molecule has 4 heteroatoms. The number of nitrogens with zero attached hydrogens (tertiary/aromatic N) is 2. The summed E-state index contributed by atoms with van der Waals surface area (Å²) in [4.78, 5) is 15.6. The monoisotopic (exact) mass is 274 g/mol. The molecule has 0 saturated heterocycles. The summed E-state index contributed by atoms with van der Waals surface area (Å²) in [6, 6.07) is 6.07. The second-order valence-corrected chi connectivity index (χ2v) is 6.54. The lowest BCUT2D eigenvalue weighted by atomic mass is 9.95. The zero-order chi connectivity index (χ0) is 15.1. The van der Waals surface area contributed by atoms with Gasteiger partial charge in [-0.05, 0) is 31.5 Å². The summed E-state index contributed by atoms with van der Waals surface area (Å²) in [5, 5.41) is 8.89. The Morgan fingerprint density at radius 2 is 2.00 bits per heavy atom. The second kappa shape index (κ2) is 4.93. The van der Waals surface area contributed by atoms with Gasteiger partial charge in [0.2, 0.25) is 0 Å². The molecule has 0 aliphatic heterocycles. The predicted octanol–water partition coefficient (Wildman–Crippen LogP) is 3.54. The molecule has 0 amide bonds. The maximum absolute atomic E-state index is 10.8. The van der Waals surface area contributed by atoms with E-state index >= 15 is 0 Å². The van der Waals surface area contributed by atoms with Gasteiger partial charge >= 0.3 is 5.97 Å². The molecule has 0 spiro atoms. The van der Waals surface area contributed by atoms with E-state index in [4.69, 9.17) is 10.1 Å². The van der Waals surface area contributed by atoms with E-state index in [1.807, 2.05) is 18.2 Å². The Bertz CT molecular complexity index is 648. The number of carboxylic acid groups (broad SMARTS) is 1. The molecule has 108 valence electrons. The Morgan fingerprint density at radius 1 is 1.35 bits per heavy atom. The van der Waals surface area contributed by atoms with Crippen LogP contribution in [-0.4, -0.2) is 20.6 Å². The van der Waals surface area contributed by atoms with Crippen LogP contribution in [0.3, 0.4) is 0 Å². The smallest absolute Gasteiger partial charge is 0.307 e. The van der Waals surface area contributed by atoms with Gasteiger partial charge in [0.05, 0.1) is 17.5 Å². The molecule has 0 unspecified atom stereocenters. The van der Waals surface area contributed by atoms with Crippen LogP contribution in [-0.2, 0) is 16.6 Å². The fourth-order valence-corrected chi connectivity index (χ4v) is 2.48. The van der Waals surface area contributed by atoms with E-state index in [0.29, 0.717) is 6.04 Å². The fraction of sp³-hybridized carbons (Fsp3) is 0.500. The van der Waals surface area contributed by atoms with Gasteiger partial charge in [0.25, 0.3) is 0 Å². The number of aromatic nitrogens is 2. The van der Waals surface area contributed by atoms with Gasteiger partial charge in [0.1, 0.15) is 5.82 Å². The standard InChI is InChI=1S/C16H22N2O2/c1-10(2)18-13-7-6-11(9-14(19)20)8-12(13)17-15(18)16(3,4)5/h6-8,10H,9H2,1-5H3,(H,19,20). The normalized spacial score (nSPS) is 12.3. The van der Waals surface area contributed by atoms with E-state index in [1.165, 1.54) is 0 Å². The van der Waals surface area contributed by atoms with E-state index in [1.54, 1.807) is 0 Å². The molecule has 0 atom stereocenters. The number of carboxylic acids is 1. The van der Waals surface area contributed by atoms with Crippen molar-refractivity contribution >= 4 is 17.0 Å². The molecule has 0 aliphatic carbocycles. The van der Waals surface area contributed by atoms with Crippen LogP contribution in [0.15, 0.2) is 18.2 Å². The minimum Gasteiger partial charge on any atom is -0.481 e. The lowest BCUT2D eigenvalue weighted by Crippen LogP contribution is -2.20. The van der Waals surface area contributed by atoms with E-state index in [0.717, 1.165) is 22.4 Å². The summed E-state index contributed by atoms with van der Waals surface area (Å²) < 4.78 is 2.24. The van der Waals surface area contributed by atoms with Crippen molar-refractivity contribution in [3.63, 3.8) is 0 Å². The number of hydrogen-bond acceptors (Lipinski definition) is 2. The number of rotatable bonds is 3. The molecular formula is C16H22N2O2. The number of benzene rings is 1. The number of carbonyl (C=O) groups is 1. The zero-order valence-corrected chi connectivity index (χ0v) is 12.8. The highest BCUT2D eigenvalue weighted by Crippen LogP contribution is 2.29. The van der Waals surface area contributed by atoms with Crippen molar-refractivity contribution in [2.24, 2.45) is 0 Å². The molecule has 20 heavy (non-hydrogen) atoms. The van der Waals surface area contributed by atoms with Crippen LogP contribution < -0.4 is 0 Å². The Kier molecular flexibility index (Phi) is 3.59. The number of aliphatic carboxylic acids is 1. The van der Waals surface area contributed by atoms with E-state index in [2.05, 4.69) is 39.2 Å². The topological polar surface area (TPSA) is 55.1 Å². The number of imidazole rings is 1. The van der Waals surface area contributed by atoms with Crippen molar-refractivity contribution in [3.8, 4) is 0 Å². The number of fused-ring (bicyclic) bond motifs is 1. The molecular weight excluding hydrogens is 252 g/mol. The zero-order valence-electron chi connectivity index (χ0n) is 12.8. The van der Waals surface area contributed by atoms with Crippen molar-refractivity contribution in [3.05, 3.63) is 29.6 Å². The first-order valence-corrected chi connectivity index (χ1v) is 6.93. The minimum absolute atomic E-state index is 0.0370. The lowest BCUT2D eigenvalue weighted by Gasteiger charge is -2.22. The van der Waals surface area contributed by atoms with Crippen LogP contribution in [0.4, 0.5) is 0 Å². The van der Waals surface area contributed by atoms with Gasteiger partial charge in [0.15, 0.2) is 0 Å². The first kappa shape index (κ1) is 14.6. The van der Waals surface area contributed by atoms with Gasteiger partial charge in [-0.3, -0.25) is 4.79 Å². The van der Waals surface area contributed by atoms with Gasteiger partial charge in [0, 0.05) is 11.5 Å². The molecule has 0 radical (unpaired) electrons. The molecule has 1 aromatic carbocycles. The van der Waals surface area contributed by atoms with Crippen LogP contribution in [0.5, 0.6) is 0 Å². The maximum Gasteiger partial charge on any atom is 0.307 e. The van der Waals surface area contributed by atoms with E-state index < -0.39 is 5.97 Å². The maximum atomic E-state index is 10.8. The Balaban J connectivity index is 2.64. The molecule has 2 rings (SSSR count). The third-order valence-corrected chi connectivity index (χ3v) is 3.30. The molecule has 0 bridgehead atoms. The van der Waals surface area contributed by atoms with Gasteiger partial charge in [-0.25, -0.2) is 4.98 Å². The SMILES string of the molecule is CC(C)n1c(C(C)(C)C)nc2cc(CC(=O)O)ccc21. The van der Waals surface area contributed by atoms with E-state index in [-0.39, 0.29) is 11.8 Å². The number of hydrogen-bond donors (Lipinski definition) is 1. The lowest BCUT2D eigenvalue weighted by molar-refractivity contribution is -0.136. The summed E-state index contributed by atoms with van der Waals surface area (Å²) in [6.07, 6.45) is 0.0370. The van der Waals surface area contributed by atoms with Crippen molar-refractivity contribution in [2.75, 3.05) is 0 Å². The summed E-state index contributed by atoms with van der Waals surface area (Å²) in [5.41, 5.74) is 2.69. The first-order valence-electron chi connectivity index (χ1n) is 6.93. The Labute approximate surface area is 119 Å². The van der Waals surface area contributed by atoms with Crippen molar-refractivity contribution < 1.29 is 9.90 Å². The Hall–Kier alpha value is -1.84. The minimum atomic E-state index is -0.816. The average Bonchev–Trinajstić information content (AvgIpc) is 2.66. The van der Waals surface area contributed by atoms with Crippen molar-refractivity contribution in [2.45, 2.75) is 52.5 Å². The van der Waals surface area contributed by atoms with Gasteiger partial charge < -0.3 is 9.67 Å².